The molecule has 0 saturated heterocycles. The number of halogens is 2. The lowest BCUT2D eigenvalue weighted by molar-refractivity contribution is -0.144. The average Bonchev–Trinajstić information content (AvgIpc) is 2.61. The van der Waals surface area contributed by atoms with Gasteiger partial charge in [0.1, 0.15) is 18.2 Å². The number of sulfonamides is 1. The fraction of sp³-hybridized carbons (Fsp3) is 0.278. The molecule has 2 aromatic rings. The third kappa shape index (κ3) is 6.50. The van der Waals surface area contributed by atoms with E-state index in [1.54, 1.807) is 12.1 Å². The van der Waals surface area contributed by atoms with Gasteiger partial charge in [-0.25, -0.2) is 17.5 Å². The monoisotopic (exact) mass is 415 g/mol. The van der Waals surface area contributed by atoms with Crippen LogP contribution in [0.3, 0.4) is 0 Å². The Bertz CT molecular complexity index is 887. The molecule has 146 valence electrons. The Kier molecular flexibility index (Phi) is 7.58. The van der Waals surface area contributed by atoms with E-state index in [0.717, 1.165) is 6.07 Å². The average molecular weight is 416 g/mol. The van der Waals surface area contributed by atoms with E-state index in [-0.39, 0.29) is 29.5 Å². The standard InChI is InChI=1S/C18H19ClFNO5S/c1-2-25-15-5-7-16(8-6-15)27(23,24)21-10-9-18(22)26-12-13-3-4-14(20)11-17(13)19/h3-8,11,21H,2,9-10,12H2,1H3. The molecule has 0 atom stereocenters. The summed E-state index contributed by atoms with van der Waals surface area (Å²) in [6.45, 7) is 2.07. The van der Waals surface area contributed by atoms with Crippen molar-refractivity contribution in [3.63, 3.8) is 0 Å². The lowest BCUT2D eigenvalue weighted by atomic mass is 10.2. The molecular formula is C18H19ClFNO5S. The van der Waals surface area contributed by atoms with Crippen molar-refractivity contribution in [2.75, 3.05) is 13.2 Å². The van der Waals surface area contributed by atoms with Gasteiger partial charge in [0.25, 0.3) is 0 Å². The first-order valence-electron chi connectivity index (χ1n) is 8.14. The normalized spacial score (nSPS) is 11.2. The van der Waals surface area contributed by atoms with E-state index in [9.17, 15) is 17.6 Å². The molecular weight excluding hydrogens is 397 g/mol. The molecule has 27 heavy (non-hydrogen) atoms. The molecule has 9 heteroatoms. The molecule has 0 amide bonds. The lowest BCUT2D eigenvalue weighted by Crippen LogP contribution is -2.26. The van der Waals surface area contributed by atoms with Crippen LogP contribution in [0.25, 0.3) is 0 Å². The Morgan fingerprint density at radius 3 is 2.52 bits per heavy atom. The van der Waals surface area contributed by atoms with Crippen LogP contribution < -0.4 is 9.46 Å². The number of ether oxygens (including phenoxy) is 2. The van der Waals surface area contributed by atoms with Gasteiger partial charge >= 0.3 is 5.97 Å². The van der Waals surface area contributed by atoms with Gasteiger partial charge in [-0.2, -0.15) is 0 Å². The predicted molar refractivity (Wildman–Crippen MR) is 98.6 cm³/mol. The summed E-state index contributed by atoms with van der Waals surface area (Å²) in [6.07, 6.45) is -0.158. The largest absolute Gasteiger partial charge is 0.494 e. The lowest BCUT2D eigenvalue weighted by Gasteiger charge is -2.09. The molecule has 0 saturated carbocycles. The fourth-order valence-electron chi connectivity index (χ4n) is 2.12. The molecule has 0 heterocycles. The van der Waals surface area contributed by atoms with Crippen LogP contribution >= 0.6 is 11.6 Å². The van der Waals surface area contributed by atoms with Gasteiger partial charge in [0.15, 0.2) is 0 Å². The van der Waals surface area contributed by atoms with Gasteiger partial charge in [0, 0.05) is 12.1 Å². The van der Waals surface area contributed by atoms with Crippen molar-refractivity contribution >= 4 is 27.6 Å². The minimum absolute atomic E-state index is 0.0671. The highest BCUT2D eigenvalue weighted by Gasteiger charge is 2.15. The molecule has 0 radical (unpaired) electrons. The Labute approximate surface area is 162 Å². The predicted octanol–water partition coefficient (Wildman–Crippen LogP) is 3.29. The summed E-state index contributed by atoms with van der Waals surface area (Å²) in [6, 6.07) is 9.69. The Hall–Kier alpha value is -2.16. The van der Waals surface area contributed by atoms with Crippen molar-refractivity contribution in [3.8, 4) is 5.75 Å². The molecule has 0 fully saturated rings. The summed E-state index contributed by atoms with van der Waals surface area (Å²) in [7, 11) is -3.74. The smallest absolute Gasteiger partial charge is 0.307 e. The number of carbonyl (C=O) groups excluding carboxylic acids is 1. The zero-order valence-corrected chi connectivity index (χ0v) is 16.1. The van der Waals surface area contributed by atoms with E-state index >= 15 is 0 Å². The number of carbonyl (C=O) groups is 1. The third-order valence-electron chi connectivity index (χ3n) is 3.47. The minimum Gasteiger partial charge on any atom is -0.494 e. The van der Waals surface area contributed by atoms with Crippen molar-refractivity contribution in [2.24, 2.45) is 0 Å². The topological polar surface area (TPSA) is 81.7 Å². The van der Waals surface area contributed by atoms with Crippen LogP contribution in [0.1, 0.15) is 18.9 Å². The minimum atomic E-state index is -3.74. The van der Waals surface area contributed by atoms with E-state index in [4.69, 9.17) is 21.1 Å². The van der Waals surface area contributed by atoms with Gasteiger partial charge in [-0.1, -0.05) is 17.7 Å². The van der Waals surface area contributed by atoms with Crippen LogP contribution in [-0.2, 0) is 26.2 Å². The van der Waals surface area contributed by atoms with Crippen LogP contribution in [-0.4, -0.2) is 27.5 Å². The summed E-state index contributed by atoms with van der Waals surface area (Å²) >= 11 is 5.84. The highest BCUT2D eigenvalue weighted by atomic mass is 35.5. The van der Waals surface area contributed by atoms with Gasteiger partial charge < -0.3 is 9.47 Å². The van der Waals surface area contributed by atoms with Crippen molar-refractivity contribution in [2.45, 2.75) is 24.8 Å². The summed E-state index contributed by atoms with van der Waals surface area (Å²) in [5.41, 5.74) is 0.460. The summed E-state index contributed by atoms with van der Waals surface area (Å²) in [5, 5.41) is 0.152. The second-order valence-corrected chi connectivity index (χ2v) is 7.62. The zero-order chi connectivity index (χ0) is 19.9. The Balaban J connectivity index is 1.81. The second-order valence-electron chi connectivity index (χ2n) is 5.45. The van der Waals surface area contributed by atoms with Crippen LogP contribution in [0, 0.1) is 5.82 Å². The molecule has 0 aliphatic heterocycles. The van der Waals surface area contributed by atoms with E-state index in [0.29, 0.717) is 17.9 Å². The fourth-order valence-corrected chi connectivity index (χ4v) is 3.38. The molecule has 0 unspecified atom stereocenters. The Morgan fingerprint density at radius 1 is 1.19 bits per heavy atom. The summed E-state index contributed by atoms with van der Waals surface area (Å²) < 4.78 is 49.9. The molecule has 0 spiro atoms. The molecule has 6 nitrogen and oxygen atoms in total. The molecule has 1 N–H and O–H groups in total. The maximum Gasteiger partial charge on any atom is 0.307 e. The van der Waals surface area contributed by atoms with Crippen molar-refractivity contribution in [3.05, 3.63) is 58.9 Å². The van der Waals surface area contributed by atoms with Crippen LogP contribution in [0.15, 0.2) is 47.4 Å². The van der Waals surface area contributed by atoms with E-state index in [1.165, 1.54) is 24.3 Å². The van der Waals surface area contributed by atoms with Crippen LogP contribution in [0.5, 0.6) is 5.75 Å². The first kappa shape index (κ1) is 21.1. The summed E-state index contributed by atoms with van der Waals surface area (Å²) in [4.78, 5) is 11.8. The highest BCUT2D eigenvalue weighted by molar-refractivity contribution is 7.89. The summed E-state index contributed by atoms with van der Waals surface area (Å²) in [5.74, 6) is -0.525. The molecule has 2 aromatic carbocycles. The number of nitrogens with one attached hydrogen (secondary N) is 1. The molecule has 0 aliphatic rings. The van der Waals surface area contributed by atoms with E-state index in [1.807, 2.05) is 6.92 Å². The molecule has 2 rings (SSSR count). The van der Waals surface area contributed by atoms with Crippen molar-refractivity contribution < 1.29 is 27.1 Å². The maximum absolute atomic E-state index is 13.0. The number of esters is 1. The second kappa shape index (κ2) is 9.68. The van der Waals surface area contributed by atoms with Crippen LogP contribution in [0.2, 0.25) is 5.02 Å². The SMILES string of the molecule is CCOc1ccc(S(=O)(=O)NCCC(=O)OCc2ccc(F)cc2Cl)cc1. The van der Waals surface area contributed by atoms with E-state index in [2.05, 4.69) is 4.72 Å². The maximum atomic E-state index is 13.0. The number of hydrogen-bond donors (Lipinski definition) is 1. The number of rotatable bonds is 9. The first-order chi connectivity index (χ1) is 12.8. The van der Waals surface area contributed by atoms with Gasteiger partial charge in [0.05, 0.1) is 22.9 Å². The van der Waals surface area contributed by atoms with Gasteiger partial charge in [-0.05, 0) is 43.3 Å². The Morgan fingerprint density at radius 2 is 1.89 bits per heavy atom. The number of benzene rings is 2. The van der Waals surface area contributed by atoms with E-state index < -0.39 is 21.8 Å². The first-order valence-corrected chi connectivity index (χ1v) is 10.00. The number of hydrogen-bond acceptors (Lipinski definition) is 5. The van der Waals surface area contributed by atoms with Crippen molar-refractivity contribution in [1.29, 1.82) is 0 Å². The molecule has 0 bridgehead atoms. The molecule has 0 aromatic heterocycles. The van der Waals surface area contributed by atoms with Crippen molar-refractivity contribution in [1.82, 2.24) is 4.72 Å². The highest BCUT2D eigenvalue weighted by Crippen LogP contribution is 2.18. The third-order valence-corrected chi connectivity index (χ3v) is 5.30. The zero-order valence-electron chi connectivity index (χ0n) is 14.6. The van der Waals surface area contributed by atoms with Gasteiger partial charge in [-0.3, -0.25) is 4.79 Å². The van der Waals surface area contributed by atoms with Gasteiger partial charge in [-0.15, -0.1) is 0 Å². The quantitative estimate of drug-likeness (QED) is 0.635. The van der Waals surface area contributed by atoms with Crippen LogP contribution in [0.4, 0.5) is 4.39 Å². The van der Waals surface area contributed by atoms with Gasteiger partial charge in [0.2, 0.25) is 10.0 Å². The molecule has 0 aliphatic carbocycles.